The van der Waals surface area contributed by atoms with E-state index in [1.807, 2.05) is 12.2 Å². The van der Waals surface area contributed by atoms with Crippen molar-refractivity contribution in [1.29, 1.82) is 0 Å². The van der Waals surface area contributed by atoms with Gasteiger partial charge in [0.1, 0.15) is 0 Å². The van der Waals surface area contributed by atoms with Crippen molar-refractivity contribution >= 4 is 6.08 Å². The van der Waals surface area contributed by atoms with Crippen LogP contribution in [0, 0.1) is 0 Å². The van der Waals surface area contributed by atoms with E-state index in [1.165, 1.54) is 13.2 Å². The Hall–Kier alpha value is -1.62. The summed E-state index contributed by atoms with van der Waals surface area (Å²) in [7, 11) is 1.42. The predicted molar refractivity (Wildman–Crippen MR) is 71.8 cm³/mol. The van der Waals surface area contributed by atoms with Crippen molar-refractivity contribution in [2.75, 3.05) is 20.2 Å². The molecule has 0 heterocycles. The minimum atomic E-state index is -2.85. The molecule has 0 atom stereocenters. The second-order valence-corrected chi connectivity index (χ2v) is 3.90. The molecular weight excluding hydrogens is 252 g/mol. The van der Waals surface area contributed by atoms with Gasteiger partial charge in [-0.15, -0.1) is 0 Å². The fourth-order valence-electron chi connectivity index (χ4n) is 1.54. The number of hydrogen-bond donors (Lipinski definition) is 1. The molecule has 0 saturated carbocycles. The molecule has 0 aliphatic rings. The number of halogens is 2. The van der Waals surface area contributed by atoms with E-state index in [0.29, 0.717) is 5.75 Å². The smallest absolute Gasteiger partial charge is 0.387 e. The molecule has 1 rings (SSSR count). The molecule has 0 radical (unpaired) electrons. The summed E-state index contributed by atoms with van der Waals surface area (Å²) in [4.78, 5) is 0. The standard InChI is InChI=1S/C14H19F2NO2/c1-3-8-17-9-4-5-11-6-7-12(19-14(15)16)13(10-11)18-2/h4-7,10,14,17H,3,8-9H2,1-2H3. The second-order valence-electron chi connectivity index (χ2n) is 3.90. The third-order valence-electron chi connectivity index (χ3n) is 2.40. The van der Waals surface area contributed by atoms with Crippen molar-refractivity contribution in [2.24, 2.45) is 0 Å². The molecule has 1 aromatic rings. The number of benzene rings is 1. The first-order valence-corrected chi connectivity index (χ1v) is 6.17. The molecule has 0 unspecified atom stereocenters. The van der Waals surface area contributed by atoms with Crippen molar-refractivity contribution < 1.29 is 18.3 Å². The molecule has 0 saturated heterocycles. The molecule has 0 aliphatic carbocycles. The Balaban J connectivity index is 2.65. The van der Waals surface area contributed by atoms with Gasteiger partial charge in [0.25, 0.3) is 0 Å². The summed E-state index contributed by atoms with van der Waals surface area (Å²) < 4.78 is 33.7. The van der Waals surface area contributed by atoms with Gasteiger partial charge in [0.05, 0.1) is 7.11 Å². The number of alkyl halides is 2. The Morgan fingerprint density at radius 1 is 1.32 bits per heavy atom. The van der Waals surface area contributed by atoms with E-state index in [1.54, 1.807) is 12.1 Å². The summed E-state index contributed by atoms with van der Waals surface area (Å²) in [5.74, 6) is 0.336. The topological polar surface area (TPSA) is 30.5 Å². The molecule has 5 heteroatoms. The van der Waals surface area contributed by atoms with Gasteiger partial charge in [0, 0.05) is 6.54 Å². The zero-order valence-corrected chi connectivity index (χ0v) is 11.2. The van der Waals surface area contributed by atoms with Gasteiger partial charge in [0.2, 0.25) is 0 Å². The third kappa shape index (κ3) is 5.70. The Labute approximate surface area is 112 Å². The van der Waals surface area contributed by atoms with E-state index in [-0.39, 0.29) is 5.75 Å². The first-order chi connectivity index (χ1) is 9.17. The summed E-state index contributed by atoms with van der Waals surface area (Å²) >= 11 is 0. The lowest BCUT2D eigenvalue weighted by Gasteiger charge is -2.10. The highest BCUT2D eigenvalue weighted by molar-refractivity contribution is 5.56. The molecular formula is C14H19F2NO2. The van der Waals surface area contributed by atoms with Gasteiger partial charge in [-0.25, -0.2) is 0 Å². The van der Waals surface area contributed by atoms with Crippen LogP contribution in [0.2, 0.25) is 0 Å². The van der Waals surface area contributed by atoms with E-state index in [9.17, 15) is 8.78 Å². The molecule has 0 amide bonds. The normalized spacial score (nSPS) is 11.2. The highest BCUT2D eigenvalue weighted by atomic mass is 19.3. The van der Waals surface area contributed by atoms with E-state index >= 15 is 0 Å². The fraction of sp³-hybridized carbons (Fsp3) is 0.429. The summed E-state index contributed by atoms with van der Waals surface area (Å²) in [5.41, 5.74) is 0.872. The zero-order valence-electron chi connectivity index (χ0n) is 11.2. The van der Waals surface area contributed by atoms with E-state index in [2.05, 4.69) is 17.0 Å². The summed E-state index contributed by atoms with van der Waals surface area (Å²) in [6.07, 6.45) is 4.96. The maximum Gasteiger partial charge on any atom is 0.387 e. The monoisotopic (exact) mass is 271 g/mol. The number of ether oxygens (including phenoxy) is 2. The Bertz CT molecular complexity index is 408. The Kier molecular flexibility index (Phi) is 6.89. The highest BCUT2D eigenvalue weighted by Gasteiger charge is 2.10. The zero-order chi connectivity index (χ0) is 14.1. The van der Waals surface area contributed by atoms with E-state index in [0.717, 1.165) is 25.1 Å². The maximum atomic E-state index is 12.2. The van der Waals surface area contributed by atoms with Gasteiger partial charge < -0.3 is 14.8 Å². The molecule has 0 aliphatic heterocycles. The van der Waals surface area contributed by atoms with Gasteiger partial charge in [-0.2, -0.15) is 8.78 Å². The molecule has 3 nitrogen and oxygen atoms in total. The Morgan fingerprint density at radius 2 is 2.11 bits per heavy atom. The Morgan fingerprint density at radius 3 is 2.74 bits per heavy atom. The number of rotatable bonds is 8. The molecule has 1 aromatic carbocycles. The van der Waals surface area contributed by atoms with Crippen molar-refractivity contribution in [3.63, 3.8) is 0 Å². The van der Waals surface area contributed by atoms with Crippen LogP contribution in [0.15, 0.2) is 24.3 Å². The second kappa shape index (κ2) is 8.48. The number of methoxy groups -OCH3 is 1. The van der Waals surface area contributed by atoms with Crippen LogP contribution in [0.1, 0.15) is 18.9 Å². The largest absolute Gasteiger partial charge is 0.493 e. The SMILES string of the molecule is CCCNCC=Cc1ccc(OC(F)F)c(OC)c1. The lowest BCUT2D eigenvalue weighted by Crippen LogP contribution is -2.13. The quantitative estimate of drug-likeness (QED) is 0.736. The molecule has 106 valence electrons. The third-order valence-corrected chi connectivity index (χ3v) is 2.40. The molecule has 0 fully saturated rings. The molecule has 1 N–H and O–H groups in total. The average Bonchev–Trinajstić information content (AvgIpc) is 2.39. The van der Waals surface area contributed by atoms with Crippen molar-refractivity contribution in [2.45, 2.75) is 20.0 Å². The van der Waals surface area contributed by atoms with Gasteiger partial charge in [-0.3, -0.25) is 0 Å². The van der Waals surface area contributed by atoms with Crippen LogP contribution in [-0.4, -0.2) is 26.8 Å². The molecule has 0 bridgehead atoms. The maximum absolute atomic E-state index is 12.2. The molecule has 0 aromatic heterocycles. The van der Waals surface area contributed by atoms with Gasteiger partial charge in [-0.05, 0) is 30.7 Å². The van der Waals surface area contributed by atoms with Crippen LogP contribution in [0.5, 0.6) is 11.5 Å². The molecule has 0 spiro atoms. The first-order valence-electron chi connectivity index (χ1n) is 6.17. The van der Waals surface area contributed by atoms with Crippen molar-refractivity contribution in [3.05, 3.63) is 29.8 Å². The van der Waals surface area contributed by atoms with Crippen LogP contribution in [0.4, 0.5) is 8.78 Å². The van der Waals surface area contributed by atoms with Crippen molar-refractivity contribution in [1.82, 2.24) is 5.32 Å². The van der Waals surface area contributed by atoms with E-state index < -0.39 is 6.61 Å². The van der Waals surface area contributed by atoms with E-state index in [4.69, 9.17) is 4.74 Å². The summed E-state index contributed by atoms with van der Waals surface area (Å²) in [6, 6.07) is 4.84. The van der Waals surface area contributed by atoms with Gasteiger partial charge in [-0.1, -0.05) is 25.1 Å². The van der Waals surface area contributed by atoms with Crippen LogP contribution in [0.3, 0.4) is 0 Å². The van der Waals surface area contributed by atoms with Gasteiger partial charge in [0.15, 0.2) is 11.5 Å². The number of hydrogen-bond acceptors (Lipinski definition) is 3. The average molecular weight is 271 g/mol. The predicted octanol–water partition coefficient (Wildman–Crippen LogP) is 3.31. The van der Waals surface area contributed by atoms with Crippen LogP contribution < -0.4 is 14.8 Å². The first kappa shape index (κ1) is 15.4. The van der Waals surface area contributed by atoms with Crippen LogP contribution >= 0.6 is 0 Å². The number of nitrogens with one attached hydrogen (secondary N) is 1. The highest BCUT2D eigenvalue weighted by Crippen LogP contribution is 2.29. The minimum Gasteiger partial charge on any atom is -0.493 e. The molecule has 19 heavy (non-hydrogen) atoms. The minimum absolute atomic E-state index is 0.0405. The van der Waals surface area contributed by atoms with Crippen molar-refractivity contribution in [3.8, 4) is 11.5 Å². The van der Waals surface area contributed by atoms with Crippen LogP contribution in [0.25, 0.3) is 6.08 Å². The van der Waals surface area contributed by atoms with Crippen LogP contribution in [-0.2, 0) is 0 Å². The fourth-order valence-corrected chi connectivity index (χ4v) is 1.54. The summed E-state index contributed by atoms with van der Waals surface area (Å²) in [6.45, 7) is 0.984. The lowest BCUT2D eigenvalue weighted by atomic mass is 10.2. The van der Waals surface area contributed by atoms with Gasteiger partial charge >= 0.3 is 6.61 Å². The summed E-state index contributed by atoms with van der Waals surface area (Å²) in [5, 5.41) is 3.23. The lowest BCUT2D eigenvalue weighted by molar-refractivity contribution is -0.0512.